The molecule has 23 heavy (non-hydrogen) atoms. The van der Waals surface area contributed by atoms with Crippen LogP contribution in [-0.2, 0) is 14.8 Å². The molecule has 1 amide bonds. The number of piperidine rings is 1. The largest absolute Gasteiger partial charge is 0.310 e. The van der Waals surface area contributed by atoms with Gasteiger partial charge in [0.2, 0.25) is 15.9 Å². The van der Waals surface area contributed by atoms with Crippen LogP contribution in [0.3, 0.4) is 0 Å². The second-order valence-corrected chi connectivity index (χ2v) is 8.20. The predicted molar refractivity (Wildman–Crippen MR) is 88.2 cm³/mol. The molecular weight excluding hydrogens is 319 g/mol. The van der Waals surface area contributed by atoms with Crippen LogP contribution in [0.4, 0.5) is 10.1 Å². The number of halogens is 1. The first-order chi connectivity index (χ1) is 10.7. The van der Waals surface area contributed by atoms with Gasteiger partial charge in [0, 0.05) is 30.7 Å². The van der Waals surface area contributed by atoms with E-state index in [1.807, 2.05) is 13.8 Å². The van der Waals surface area contributed by atoms with E-state index in [-0.39, 0.29) is 23.7 Å². The Hall–Kier alpha value is -1.47. The number of sulfonamides is 1. The number of amides is 1. The van der Waals surface area contributed by atoms with Gasteiger partial charge in [-0.1, -0.05) is 0 Å². The molecule has 0 aliphatic carbocycles. The molecule has 7 heteroatoms. The van der Waals surface area contributed by atoms with E-state index in [4.69, 9.17) is 0 Å². The Balaban J connectivity index is 2.12. The third-order valence-corrected chi connectivity index (χ3v) is 5.43. The van der Waals surface area contributed by atoms with E-state index in [0.717, 1.165) is 0 Å². The van der Waals surface area contributed by atoms with Gasteiger partial charge >= 0.3 is 0 Å². The van der Waals surface area contributed by atoms with Gasteiger partial charge in [0.15, 0.2) is 0 Å². The van der Waals surface area contributed by atoms with Gasteiger partial charge in [-0.3, -0.25) is 4.79 Å². The monoisotopic (exact) mass is 342 g/mol. The first-order valence-corrected chi connectivity index (χ1v) is 9.58. The summed E-state index contributed by atoms with van der Waals surface area (Å²) in [5.74, 6) is -0.577. The summed E-state index contributed by atoms with van der Waals surface area (Å²) in [6, 6.07) is 5.81. The fourth-order valence-corrected chi connectivity index (χ4v) is 3.79. The molecule has 1 aromatic rings. The maximum absolute atomic E-state index is 13.1. The molecule has 0 N–H and O–H groups in total. The lowest BCUT2D eigenvalue weighted by Crippen LogP contribution is -2.46. The van der Waals surface area contributed by atoms with Gasteiger partial charge in [-0.15, -0.1) is 0 Å². The summed E-state index contributed by atoms with van der Waals surface area (Å²) in [7, 11) is -3.20. The third kappa shape index (κ3) is 4.29. The molecule has 1 saturated heterocycles. The Morgan fingerprint density at radius 3 is 2.17 bits per heavy atom. The van der Waals surface area contributed by atoms with Crippen molar-refractivity contribution in [2.45, 2.75) is 32.7 Å². The zero-order chi connectivity index (χ0) is 17.2. The number of carbonyl (C=O) groups excluding carboxylic acids is 1. The van der Waals surface area contributed by atoms with Gasteiger partial charge in [0.25, 0.3) is 0 Å². The first-order valence-electron chi connectivity index (χ1n) is 7.74. The van der Waals surface area contributed by atoms with Crippen molar-refractivity contribution in [2.24, 2.45) is 5.92 Å². The number of anilines is 1. The summed E-state index contributed by atoms with van der Waals surface area (Å²) in [5, 5.41) is 0. The van der Waals surface area contributed by atoms with E-state index in [1.165, 1.54) is 22.7 Å². The predicted octanol–water partition coefficient (Wildman–Crippen LogP) is 2.24. The topological polar surface area (TPSA) is 57.7 Å². The molecule has 0 spiro atoms. The highest BCUT2D eigenvalue weighted by Gasteiger charge is 2.32. The minimum Gasteiger partial charge on any atom is -0.310 e. The summed E-state index contributed by atoms with van der Waals surface area (Å²) in [6.07, 6.45) is 2.21. The van der Waals surface area contributed by atoms with Crippen molar-refractivity contribution < 1.29 is 17.6 Å². The van der Waals surface area contributed by atoms with E-state index in [1.54, 1.807) is 17.0 Å². The van der Waals surface area contributed by atoms with Crippen molar-refractivity contribution in [1.29, 1.82) is 0 Å². The maximum Gasteiger partial charge on any atom is 0.230 e. The molecule has 128 valence electrons. The third-order valence-electron chi connectivity index (χ3n) is 4.13. The van der Waals surface area contributed by atoms with Gasteiger partial charge < -0.3 is 4.90 Å². The number of nitrogens with zero attached hydrogens (tertiary/aromatic N) is 2. The SMILES string of the molecule is CC(C)N(C(=O)C1CCN(S(C)(=O)=O)CC1)c1ccc(F)cc1. The van der Waals surface area contributed by atoms with Gasteiger partial charge in [-0.2, -0.15) is 0 Å². The van der Waals surface area contributed by atoms with Gasteiger partial charge in [-0.05, 0) is 51.0 Å². The number of carbonyl (C=O) groups is 1. The van der Waals surface area contributed by atoms with Crippen LogP contribution >= 0.6 is 0 Å². The molecule has 0 radical (unpaired) electrons. The quantitative estimate of drug-likeness (QED) is 0.843. The Morgan fingerprint density at radius 1 is 1.22 bits per heavy atom. The summed E-state index contributed by atoms with van der Waals surface area (Å²) in [4.78, 5) is 14.5. The van der Waals surface area contributed by atoms with E-state index >= 15 is 0 Å². The molecule has 0 bridgehead atoms. The first kappa shape index (κ1) is 17.9. The fraction of sp³-hybridized carbons (Fsp3) is 0.562. The second-order valence-electron chi connectivity index (χ2n) is 6.21. The molecule has 5 nitrogen and oxygen atoms in total. The standard InChI is InChI=1S/C16H23FN2O3S/c1-12(2)19(15-6-4-14(17)5-7-15)16(20)13-8-10-18(11-9-13)23(3,21)22/h4-7,12-13H,8-11H2,1-3H3. The zero-order valence-corrected chi connectivity index (χ0v) is 14.5. The molecule has 0 atom stereocenters. The minimum absolute atomic E-state index is 0.0280. The second kappa shape index (κ2) is 6.97. The molecule has 2 rings (SSSR count). The Bertz CT molecular complexity index is 650. The van der Waals surface area contributed by atoms with Gasteiger partial charge in [0.1, 0.15) is 5.82 Å². The molecule has 1 fully saturated rings. The summed E-state index contributed by atoms with van der Waals surface area (Å²) >= 11 is 0. The highest BCUT2D eigenvalue weighted by Crippen LogP contribution is 2.26. The lowest BCUT2D eigenvalue weighted by Gasteiger charge is -2.35. The minimum atomic E-state index is -3.20. The van der Waals surface area contributed by atoms with Gasteiger partial charge in [-0.25, -0.2) is 17.1 Å². The highest BCUT2D eigenvalue weighted by atomic mass is 32.2. The summed E-state index contributed by atoms with van der Waals surface area (Å²) in [6.45, 7) is 4.55. The Morgan fingerprint density at radius 2 is 1.74 bits per heavy atom. The molecule has 1 heterocycles. The fourth-order valence-electron chi connectivity index (χ4n) is 2.91. The van der Waals surface area contributed by atoms with Crippen LogP contribution < -0.4 is 4.90 Å². The molecule has 0 aromatic heterocycles. The average molecular weight is 342 g/mol. The van der Waals surface area contributed by atoms with Crippen LogP contribution in [0.25, 0.3) is 0 Å². The molecule has 1 aromatic carbocycles. The van der Waals surface area contributed by atoms with Crippen LogP contribution in [0, 0.1) is 11.7 Å². The van der Waals surface area contributed by atoms with Crippen molar-refractivity contribution >= 4 is 21.6 Å². The molecule has 1 aliphatic heterocycles. The van der Waals surface area contributed by atoms with E-state index < -0.39 is 10.0 Å². The van der Waals surface area contributed by atoms with Crippen LogP contribution in [-0.4, -0.2) is 44.0 Å². The van der Waals surface area contributed by atoms with Crippen molar-refractivity contribution in [3.8, 4) is 0 Å². The van der Waals surface area contributed by atoms with Gasteiger partial charge in [0.05, 0.1) is 6.26 Å². The lowest BCUT2D eigenvalue weighted by atomic mass is 9.95. The van der Waals surface area contributed by atoms with Crippen LogP contribution in [0.15, 0.2) is 24.3 Å². The maximum atomic E-state index is 13.1. The lowest BCUT2D eigenvalue weighted by molar-refractivity contribution is -0.123. The van der Waals surface area contributed by atoms with E-state index in [2.05, 4.69) is 0 Å². The van der Waals surface area contributed by atoms with Crippen LogP contribution in [0.5, 0.6) is 0 Å². The zero-order valence-electron chi connectivity index (χ0n) is 13.7. The van der Waals surface area contributed by atoms with Crippen molar-refractivity contribution in [3.05, 3.63) is 30.1 Å². The highest BCUT2D eigenvalue weighted by molar-refractivity contribution is 7.88. The normalized spacial score (nSPS) is 17.4. The van der Waals surface area contributed by atoms with E-state index in [9.17, 15) is 17.6 Å². The Kier molecular flexibility index (Phi) is 5.41. The van der Waals surface area contributed by atoms with Crippen LogP contribution in [0.2, 0.25) is 0 Å². The number of hydrogen-bond acceptors (Lipinski definition) is 3. The molecule has 0 saturated carbocycles. The van der Waals surface area contributed by atoms with Crippen molar-refractivity contribution in [1.82, 2.24) is 4.31 Å². The number of benzene rings is 1. The van der Waals surface area contributed by atoms with Crippen molar-refractivity contribution in [2.75, 3.05) is 24.2 Å². The summed E-state index contributed by atoms with van der Waals surface area (Å²) < 4.78 is 37.6. The average Bonchev–Trinajstić information content (AvgIpc) is 2.48. The smallest absolute Gasteiger partial charge is 0.230 e. The summed E-state index contributed by atoms with van der Waals surface area (Å²) in [5.41, 5.74) is 0.664. The number of hydrogen-bond donors (Lipinski definition) is 0. The van der Waals surface area contributed by atoms with Crippen LogP contribution in [0.1, 0.15) is 26.7 Å². The molecule has 1 aliphatic rings. The molecular formula is C16H23FN2O3S. The Labute approximate surface area is 137 Å². The number of rotatable bonds is 4. The van der Waals surface area contributed by atoms with E-state index in [0.29, 0.717) is 31.6 Å². The van der Waals surface area contributed by atoms with Crippen molar-refractivity contribution in [3.63, 3.8) is 0 Å². The molecule has 0 unspecified atom stereocenters.